The molecule has 5 heteroatoms. The van der Waals surface area contributed by atoms with E-state index in [9.17, 15) is 8.42 Å². The van der Waals surface area contributed by atoms with Crippen LogP contribution in [-0.2, 0) is 10.0 Å². The molecular formula is C17H29NO3S. The Morgan fingerprint density at radius 1 is 0.909 bits per heavy atom. The maximum atomic E-state index is 12.8. The minimum Gasteiger partial charge on any atom is -0.494 e. The zero-order chi connectivity index (χ0) is 16.4. The SMILES string of the molecule is CCCCN(CCCC)S(=O)(=O)c1ccc(OCCC)cc1. The van der Waals surface area contributed by atoms with Gasteiger partial charge in [0.25, 0.3) is 0 Å². The molecule has 0 heterocycles. The van der Waals surface area contributed by atoms with Crippen molar-refractivity contribution in [2.45, 2.75) is 57.8 Å². The van der Waals surface area contributed by atoms with Gasteiger partial charge in [0.1, 0.15) is 5.75 Å². The van der Waals surface area contributed by atoms with Crippen molar-refractivity contribution >= 4 is 10.0 Å². The summed E-state index contributed by atoms with van der Waals surface area (Å²) in [5, 5.41) is 0. The van der Waals surface area contributed by atoms with Crippen molar-refractivity contribution in [3.8, 4) is 5.75 Å². The summed E-state index contributed by atoms with van der Waals surface area (Å²) in [6, 6.07) is 6.76. The molecule has 0 bridgehead atoms. The van der Waals surface area contributed by atoms with Crippen molar-refractivity contribution in [2.75, 3.05) is 19.7 Å². The van der Waals surface area contributed by atoms with Crippen LogP contribution in [0.4, 0.5) is 0 Å². The topological polar surface area (TPSA) is 46.6 Å². The molecule has 0 saturated heterocycles. The first-order valence-corrected chi connectivity index (χ1v) is 9.73. The average Bonchev–Trinajstić information content (AvgIpc) is 2.53. The zero-order valence-electron chi connectivity index (χ0n) is 14.0. The standard InChI is InChI=1S/C17H29NO3S/c1-4-7-13-18(14-8-5-2)22(19,20)17-11-9-16(10-12-17)21-15-6-3/h9-12H,4-8,13-15H2,1-3H3. The van der Waals surface area contributed by atoms with Gasteiger partial charge in [-0.25, -0.2) is 8.42 Å². The van der Waals surface area contributed by atoms with Crippen LogP contribution in [0.2, 0.25) is 0 Å². The highest BCUT2D eigenvalue weighted by molar-refractivity contribution is 7.89. The van der Waals surface area contributed by atoms with Crippen molar-refractivity contribution in [3.05, 3.63) is 24.3 Å². The van der Waals surface area contributed by atoms with Gasteiger partial charge >= 0.3 is 0 Å². The van der Waals surface area contributed by atoms with Crippen LogP contribution in [0.1, 0.15) is 52.9 Å². The fourth-order valence-corrected chi connectivity index (χ4v) is 3.61. The van der Waals surface area contributed by atoms with Crippen LogP contribution < -0.4 is 4.74 Å². The van der Waals surface area contributed by atoms with Gasteiger partial charge in [-0.05, 0) is 43.5 Å². The molecule has 1 aromatic carbocycles. The molecule has 4 nitrogen and oxygen atoms in total. The molecule has 0 aliphatic rings. The Hall–Kier alpha value is -1.07. The molecule has 126 valence electrons. The van der Waals surface area contributed by atoms with Crippen LogP contribution in [0.5, 0.6) is 5.75 Å². The highest BCUT2D eigenvalue weighted by Crippen LogP contribution is 2.20. The van der Waals surface area contributed by atoms with Crippen LogP contribution in [0.15, 0.2) is 29.2 Å². The number of hydrogen-bond acceptors (Lipinski definition) is 3. The lowest BCUT2D eigenvalue weighted by molar-refractivity contribution is 0.317. The molecule has 0 N–H and O–H groups in total. The van der Waals surface area contributed by atoms with E-state index in [1.807, 2.05) is 6.92 Å². The zero-order valence-corrected chi connectivity index (χ0v) is 14.9. The number of unbranched alkanes of at least 4 members (excludes halogenated alkanes) is 2. The Balaban J connectivity index is 2.87. The smallest absolute Gasteiger partial charge is 0.243 e. The fourth-order valence-electron chi connectivity index (χ4n) is 2.10. The van der Waals surface area contributed by atoms with Crippen LogP contribution in [-0.4, -0.2) is 32.4 Å². The van der Waals surface area contributed by atoms with Gasteiger partial charge in [0.05, 0.1) is 11.5 Å². The van der Waals surface area contributed by atoms with E-state index < -0.39 is 10.0 Å². The predicted molar refractivity (Wildman–Crippen MR) is 90.8 cm³/mol. The normalized spacial score (nSPS) is 11.8. The van der Waals surface area contributed by atoms with E-state index in [0.29, 0.717) is 24.6 Å². The van der Waals surface area contributed by atoms with Gasteiger partial charge in [-0.2, -0.15) is 4.31 Å². The quantitative estimate of drug-likeness (QED) is 0.615. The minimum absolute atomic E-state index is 0.351. The maximum Gasteiger partial charge on any atom is 0.243 e. The lowest BCUT2D eigenvalue weighted by Gasteiger charge is -2.22. The second-order valence-electron chi connectivity index (χ2n) is 5.43. The second-order valence-corrected chi connectivity index (χ2v) is 7.37. The van der Waals surface area contributed by atoms with Gasteiger partial charge < -0.3 is 4.74 Å². The summed E-state index contributed by atoms with van der Waals surface area (Å²) in [5.41, 5.74) is 0. The van der Waals surface area contributed by atoms with Crippen LogP contribution in [0.3, 0.4) is 0 Å². The Labute approximate surface area is 135 Å². The molecule has 1 rings (SSSR count). The first-order chi connectivity index (χ1) is 10.6. The monoisotopic (exact) mass is 327 g/mol. The maximum absolute atomic E-state index is 12.8. The summed E-state index contributed by atoms with van der Waals surface area (Å²) in [6.07, 6.45) is 4.69. The summed E-state index contributed by atoms with van der Waals surface area (Å²) in [6.45, 7) is 8.01. The van der Waals surface area contributed by atoms with Gasteiger partial charge in [0, 0.05) is 13.1 Å². The fraction of sp³-hybridized carbons (Fsp3) is 0.647. The van der Waals surface area contributed by atoms with E-state index in [1.54, 1.807) is 28.6 Å². The summed E-state index contributed by atoms with van der Waals surface area (Å²) in [7, 11) is -3.41. The minimum atomic E-state index is -3.41. The molecule has 0 radical (unpaired) electrons. The number of nitrogens with zero attached hydrogens (tertiary/aromatic N) is 1. The Morgan fingerprint density at radius 3 is 1.91 bits per heavy atom. The highest BCUT2D eigenvalue weighted by Gasteiger charge is 2.23. The van der Waals surface area contributed by atoms with Crippen LogP contribution >= 0.6 is 0 Å². The summed E-state index contributed by atoms with van der Waals surface area (Å²) < 4.78 is 32.6. The van der Waals surface area contributed by atoms with Crippen LogP contribution in [0.25, 0.3) is 0 Å². The molecule has 1 aromatic rings. The van der Waals surface area contributed by atoms with E-state index >= 15 is 0 Å². The van der Waals surface area contributed by atoms with E-state index in [1.165, 1.54) is 0 Å². The van der Waals surface area contributed by atoms with Gasteiger partial charge in [-0.1, -0.05) is 33.6 Å². The first kappa shape index (κ1) is 19.0. The molecule has 0 unspecified atom stereocenters. The molecule has 0 amide bonds. The molecule has 0 fully saturated rings. The third-order valence-electron chi connectivity index (χ3n) is 3.46. The number of ether oxygens (including phenoxy) is 1. The molecule has 0 atom stereocenters. The van der Waals surface area contributed by atoms with Gasteiger partial charge in [-0.15, -0.1) is 0 Å². The van der Waals surface area contributed by atoms with E-state index in [-0.39, 0.29) is 0 Å². The van der Waals surface area contributed by atoms with E-state index in [0.717, 1.165) is 37.9 Å². The predicted octanol–water partition coefficient (Wildman–Crippen LogP) is 4.07. The van der Waals surface area contributed by atoms with Crippen molar-refractivity contribution in [1.82, 2.24) is 4.31 Å². The lowest BCUT2D eigenvalue weighted by Crippen LogP contribution is -2.33. The molecular weight excluding hydrogens is 298 g/mol. The number of rotatable bonds is 11. The third-order valence-corrected chi connectivity index (χ3v) is 5.37. The first-order valence-electron chi connectivity index (χ1n) is 8.29. The van der Waals surface area contributed by atoms with Gasteiger partial charge in [-0.3, -0.25) is 0 Å². The number of sulfonamides is 1. The Kier molecular flexibility index (Phi) is 8.49. The molecule has 22 heavy (non-hydrogen) atoms. The van der Waals surface area contributed by atoms with Crippen molar-refractivity contribution in [3.63, 3.8) is 0 Å². The largest absolute Gasteiger partial charge is 0.494 e. The van der Waals surface area contributed by atoms with E-state index in [2.05, 4.69) is 13.8 Å². The molecule has 0 aromatic heterocycles. The summed E-state index contributed by atoms with van der Waals surface area (Å²) >= 11 is 0. The summed E-state index contributed by atoms with van der Waals surface area (Å²) in [4.78, 5) is 0.351. The summed E-state index contributed by atoms with van der Waals surface area (Å²) in [5.74, 6) is 0.717. The molecule has 0 spiro atoms. The van der Waals surface area contributed by atoms with Crippen LogP contribution in [0, 0.1) is 0 Å². The van der Waals surface area contributed by atoms with Crippen molar-refractivity contribution in [2.24, 2.45) is 0 Å². The van der Waals surface area contributed by atoms with Gasteiger partial charge in [0.2, 0.25) is 10.0 Å². The molecule has 0 aliphatic heterocycles. The number of hydrogen-bond donors (Lipinski definition) is 0. The van der Waals surface area contributed by atoms with Gasteiger partial charge in [0.15, 0.2) is 0 Å². The third kappa shape index (κ3) is 5.61. The lowest BCUT2D eigenvalue weighted by atomic mass is 10.3. The van der Waals surface area contributed by atoms with Crippen molar-refractivity contribution in [1.29, 1.82) is 0 Å². The Morgan fingerprint density at radius 2 is 1.45 bits per heavy atom. The highest BCUT2D eigenvalue weighted by atomic mass is 32.2. The average molecular weight is 327 g/mol. The molecule has 0 aliphatic carbocycles. The van der Waals surface area contributed by atoms with Crippen molar-refractivity contribution < 1.29 is 13.2 Å². The number of benzene rings is 1. The second kappa shape index (κ2) is 9.85. The molecule has 0 saturated carbocycles. The van der Waals surface area contributed by atoms with E-state index in [4.69, 9.17) is 4.74 Å². The Bertz CT molecular complexity index is 503.